The molecule has 1 atom stereocenters. The minimum atomic E-state index is -0.587. The first-order chi connectivity index (χ1) is 6.13. The number of ether oxygens (including phenoxy) is 1. The Kier molecular flexibility index (Phi) is 2.89. The van der Waals surface area contributed by atoms with Gasteiger partial charge in [-0.05, 0) is 13.3 Å². The molecule has 0 spiro atoms. The highest BCUT2D eigenvalue weighted by Crippen LogP contribution is 2.01. The van der Waals surface area contributed by atoms with Crippen molar-refractivity contribution in [2.24, 2.45) is 0 Å². The fraction of sp³-hybridized carbons (Fsp3) is 0.500. The second-order valence-corrected chi connectivity index (χ2v) is 2.71. The summed E-state index contributed by atoms with van der Waals surface area (Å²) in [5.41, 5.74) is -0.540. The Morgan fingerprint density at radius 1 is 1.77 bits per heavy atom. The Labute approximate surface area is 74.7 Å². The van der Waals surface area contributed by atoms with Crippen LogP contribution in [-0.4, -0.2) is 17.2 Å². The molecule has 1 aromatic rings. The molecule has 0 fully saturated rings. The van der Waals surface area contributed by atoms with Crippen LogP contribution >= 0.6 is 0 Å². The van der Waals surface area contributed by atoms with Crippen molar-refractivity contribution in [2.45, 2.75) is 26.4 Å². The second-order valence-electron chi connectivity index (χ2n) is 2.71. The maximum absolute atomic E-state index is 11.2. The summed E-state index contributed by atoms with van der Waals surface area (Å²) >= 11 is 0. The maximum Gasteiger partial charge on any atom is 0.358 e. The van der Waals surface area contributed by atoms with Gasteiger partial charge < -0.3 is 9.26 Å². The molecule has 72 valence electrons. The summed E-state index contributed by atoms with van der Waals surface area (Å²) in [6.45, 7) is 3.67. The monoisotopic (exact) mass is 185 g/mol. The molecular weight excluding hydrogens is 174 g/mol. The number of aromatic nitrogens is 1. The van der Waals surface area contributed by atoms with Crippen LogP contribution in [-0.2, 0) is 4.74 Å². The van der Waals surface area contributed by atoms with E-state index in [1.807, 2.05) is 6.92 Å². The van der Waals surface area contributed by atoms with E-state index in [4.69, 9.17) is 4.74 Å². The average Bonchev–Trinajstić information content (AvgIpc) is 2.51. The largest absolute Gasteiger partial charge is 0.458 e. The fourth-order valence-electron chi connectivity index (χ4n) is 0.712. The minimum Gasteiger partial charge on any atom is -0.458 e. The van der Waals surface area contributed by atoms with Gasteiger partial charge in [0.2, 0.25) is 0 Å². The van der Waals surface area contributed by atoms with Crippen LogP contribution in [0.4, 0.5) is 0 Å². The molecule has 0 radical (unpaired) electrons. The van der Waals surface area contributed by atoms with E-state index < -0.39 is 11.6 Å². The highest BCUT2D eigenvalue weighted by molar-refractivity contribution is 5.86. The van der Waals surface area contributed by atoms with E-state index in [2.05, 4.69) is 9.68 Å². The number of H-pyrrole nitrogens is 1. The molecule has 0 aliphatic carbocycles. The Morgan fingerprint density at radius 2 is 2.46 bits per heavy atom. The molecule has 0 saturated carbocycles. The van der Waals surface area contributed by atoms with Crippen molar-refractivity contribution in [2.75, 3.05) is 0 Å². The van der Waals surface area contributed by atoms with Crippen LogP contribution in [0.1, 0.15) is 30.8 Å². The van der Waals surface area contributed by atoms with Crippen molar-refractivity contribution < 1.29 is 14.1 Å². The van der Waals surface area contributed by atoms with E-state index >= 15 is 0 Å². The van der Waals surface area contributed by atoms with E-state index in [0.717, 1.165) is 12.5 Å². The molecule has 0 aliphatic heterocycles. The molecule has 1 N–H and O–H groups in total. The average molecular weight is 185 g/mol. The predicted molar refractivity (Wildman–Crippen MR) is 44.5 cm³/mol. The van der Waals surface area contributed by atoms with Crippen LogP contribution in [0, 0.1) is 0 Å². The summed E-state index contributed by atoms with van der Waals surface area (Å²) in [7, 11) is 0. The van der Waals surface area contributed by atoms with Gasteiger partial charge in [0.1, 0.15) is 0 Å². The number of carbonyl (C=O) groups excluding carboxylic acids is 1. The van der Waals surface area contributed by atoms with Gasteiger partial charge in [-0.3, -0.25) is 0 Å². The molecule has 1 heterocycles. The van der Waals surface area contributed by atoms with Crippen LogP contribution in [0.5, 0.6) is 0 Å². The second kappa shape index (κ2) is 3.93. The van der Waals surface area contributed by atoms with Gasteiger partial charge in [0, 0.05) is 0 Å². The Balaban J connectivity index is 2.64. The molecule has 0 amide bonds. The molecule has 5 heteroatoms. The summed E-state index contributed by atoms with van der Waals surface area (Å²) in [5.74, 6) is -0.569. The summed E-state index contributed by atoms with van der Waals surface area (Å²) in [6, 6.07) is 1.06. The Hall–Kier alpha value is -1.52. The lowest BCUT2D eigenvalue weighted by atomic mass is 10.3. The molecule has 1 aromatic heterocycles. The maximum atomic E-state index is 11.2. The summed E-state index contributed by atoms with van der Waals surface area (Å²) in [6.07, 6.45) is 0.569. The van der Waals surface area contributed by atoms with Gasteiger partial charge in [-0.15, -0.1) is 0 Å². The van der Waals surface area contributed by atoms with Crippen molar-refractivity contribution in [3.8, 4) is 0 Å². The van der Waals surface area contributed by atoms with Crippen LogP contribution in [0.25, 0.3) is 0 Å². The number of rotatable bonds is 3. The lowest BCUT2D eigenvalue weighted by molar-refractivity contribution is 0.0323. The first-order valence-electron chi connectivity index (χ1n) is 4.03. The molecule has 5 nitrogen and oxygen atoms in total. The summed E-state index contributed by atoms with van der Waals surface area (Å²) in [4.78, 5) is 21.7. The van der Waals surface area contributed by atoms with Crippen molar-refractivity contribution >= 4 is 5.97 Å². The lowest BCUT2D eigenvalue weighted by Gasteiger charge is -2.08. The molecule has 0 aliphatic rings. The highest BCUT2D eigenvalue weighted by atomic mass is 16.5. The first kappa shape index (κ1) is 9.57. The molecular formula is C8H11NO4. The van der Waals surface area contributed by atoms with Crippen LogP contribution in [0.3, 0.4) is 0 Å². The summed E-state index contributed by atoms with van der Waals surface area (Å²) in [5, 5.41) is 2.17. The van der Waals surface area contributed by atoms with Crippen LogP contribution in [0.15, 0.2) is 15.4 Å². The van der Waals surface area contributed by atoms with Gasteiger partial charge in [-0.25, -0.2) is 14.7 Å². The van der Waals surface area contributed by atoms with Crippen molar-refractivity contribution in [3.05, 3.63) is 22.2 Å². The van der Waals surface area contributed by atoms with E-state index in [1.165, 1.54) is 0 Å². The molecule has 1 unspecified atom stereocenters. The van der Waals surface area contributed by atoms with Gasteiger partial charge >= 0.3 is 11.6 Å². The fourth-order valence-corrected chi connectivity index (χ4v) is 0.712. The minimum absolute atomic E-state index is 0.0466. The zero-order chi connectivity index (χ0) is 9.84. The molecule has 0 aromatic carbocycles. The van der Waals surface area contributed by atoms with Gasteiger partial charge in [0.25, 0.3) is 0 Å². The molecule has 0 bridgehead atoms. The zero-order valence-electron chi connectivity index (χ0n) is 7.49. The number of hydrogen-bond acceptors (Lipinski definition) is 4. The molecule has 0 saturated heterocycles. The molecule has 13 heavy (non-hydrogen) atoms. The van der Waals surface area contributed by atoms with Crippen LogP contribution in [0.2, 0.25) is 0 Å². The molecule has 1 rings (SSSR count). The van der Waals surface area contributed by atoms with E-state index in [9.17, 15) is 9.59 Å². The predicted octanol–water partition coefficient (Wildman–Crippen LogP) is 0.923. The zero-order valence-corrected chi connectivity index (χ0v) is 7.49. The van der Waals surface area contributed by atoms with E-state index in [-0.39, 0.29) is 11.8 Å². The van der Waals surface area contributed by atoms with Crippen molar-refractivity contribution in [1.82, 2.24) is 5.16 Å². The smallest absolute Gasteiger partial charge is 0.358 e. The first-order valence-corrected chi connectivity index (χ1v) is 4.03. The van der Waals surface area contributed by atoms with Crippen molar-refractivity contribution in [3.63, 3.8) is 0 Å². The number of aromatic amines is 1. The van der Waals surface area contributed by atoms with Gasteiger partial charge in [0.15, 0.2) is 5.69 Å². The lowest BCUT2D eigenvalue weighted by Crippen LogP contribution is -2.14. The number of nitrogens with one attached hydrogen (secondary N) is 1. The third-order valence-electron chi connectivity index (χ3n) is 1.63. The van der Waals surface area contributed by atoms with Crippen molar-refractivity contribution in [1.29, 1.82) is 0 Å². The van der Waals surface area contributed by atoms with Crippen LogP contribution < -0.4 is 5.63 Å². The Bertz CT molecular complexity index is 338. The van der Waals surface area contributed by atoms with E-state index in [1.54, 1.807) is 6.92 Å². The number of esters is 1. The third kappa shape index (κ3) is 2.47. The van der Waals surface area contributed by atoms with Gasteiger partial charge in [-0.1, -0.05) is 6.92 Å². The summed E-state index contributed by atoms with van der Waals surface area (Å²) < 4.78 is 9.25. The van der Waals surface area contributed by atoms with Gasteiger partial charge in [0.05, 0.1) is 12.2 Å². The Morgan fingerprint density at radius 3 is 2.92 bits per heavy atom. The SMILES string of the molecule is CCC(C)OC(=O)c1cc(=O)o[nH]1. The number of hydrogen-bond donors (Lipinski definition) is 1. The number of carbonyl (C=O) groups is 1. The van der Waals surface area contributed by atoms with E-state index in [0.29, 0.717) is 0 Å². The normalized spacial score (nSPS) is 12.5. The third-order valence-corrected chi connectivity index (χ3v) is 1.63. The topological polar surface area (TPSA) is 72.3 Å². The standard InChI is InChI=1S/C8H11NO4/c1-3-5(2)12-8(11)6-4-7(10)13-9-6/h4-5,9H,3H2,1-2H3. The highest BCUT2D eigenvalue weighted by Gasteiger charge is 2.13. The quantitative estimate of drug-likeness (QED) is 0.711. The van der Waals surface area contributed by atoms with Gasteiger partial charge in [-0.2, -0.15) is 0 Å².